The molecular weight excluding hydrogens is 297 g/mol. The van der Waals surface area contributed by atoms with E-state index >= 15 is 0 Å². The van der Waals surface area contributed by atoms with Gasteiger partial charge in [-0.05, 0) is 35.1 Å². The van der Waals surface area contributed by atoms with E-state index in [4.69, 9.17) is 4.74 Å². The molecule has 1 aromatic heterocycles. The topological polar surface area (TPSA) is 22.1 Å². The van der Waals surface area contributed by atoms with Gasteiger partial charge in [-0.1, -0.05) is 22.0 Å². The summed E-state index contributed by atoms with van der Waals surface area (Å²) in [5, 5.41) is 1.17. The first kappa shape index (κ1) is 12.5. The maximum atomic E-state index is 5.30. The lowest BCUT2D eigenvalue weighted by Crippen LogP contribution is -2.04. The van der Waals surface area contributed by atoms with Crippen LogP contribution < -0.4 is 10.0 Å². The molecule has 17 heavy (non-hydrogen) atoms. The van der Waals surface area contributed by atoms with Crippen LogP contribution in [0.3, 0.4) is 0 Å². The number of methoxy groups -OCH3 is 1. The summed E-state index contributed by atoms with van der Waals surface area (Å²) in [5.41, 5.74) is 2.19. The van der Waals surface area contributed by atoms with Gasteiger partial charge in [-0.2, -0.15) is 0 Å². The molecule has 0 radical (unpaired) electrons. The lowest BCUT2D eigenvalue weighted by atomic mass is 10.1. The Labute approximate surface area is 112 Å². The minimum Gasteiger partial charge on any atom is -0.495 e. The molecule has 0 amide bonds. The molecule has 0 aliphatic carbocycles. The van der Waals surface area contributed by atoms with E-state index in [-0.39, 0.29) is 0 Å². The first-order valence-corrected chi connectivity index (χ1v) is 6.59. The van der Waals surface area contributed by atoms with Crippen LogP contribution in [0.2, 0.25) is 0 Å². The van der Waals surface area contributed by atoms with Crippen LogP contribution in [-0.4, -0.2) is 12.1 Å². The highest BCUT2D eigenvalue weighted by Gasteiger charge is 2.06. The standard InChI is InChI=1S/C13H13BrNOP/c1-16-12-3-2-6-15-11(12)7-9-4-5-10(14)8-13(9)17/h2-6,8H,7,17H2,1H3. The molecule has 0 aliphatic rings. The smallest absolute Gasteiger partial charge is 0.140 e. The highest BCUT2D eigenvalue weighted by atomic mass is 79.9. The third-order valence-electron chi connectivity index (χ3n) is 2.53. The third-order valence-corrected chi connectivity index (χ3v) is 3.56. The molecule has 1 heterocycles. The Bertz CT molecular complexity index is 531. The molecule has 1 unspecified atom stereocenters. The fraction of sp³-hybridized carbons (Fsp3) is 0.154. The Hall–Kier alpha value is -0.920. The molecule has 2 nitrogen and oxygen atoms in total. The number of hydrogen-bond acceptors (Lipinski definition) is 2. The Morgan fingerprint density at radius 2 is 2.18 bits per heavy atom. The fourth-order valence-corrected chi connectivity index (χ4v) is 2.65. The van der Waals surface area contributed by atoms with Crippen molar-refractivity contribution in [2.24, 2.45) is 0 Å². The van der Waals surface area contributed by atoms with Gasteiger partial charge in [0.25, 0.3) is 0 Å². The van der Waals surface area contributed by atoms with E-state index in [0.717, 1.165) is 22.3 Å². The summed E-state index contributed by atoms with van der Waals surface area (Å²) >= 11 is 3.46. The summed E-state index contributed by atoms with van der Waals surface area (Å²) in [5.74, 6) is 0.833. The van der Waals surface area contributed by atoms with E-state index in [0.29, 0.717) is 0 Å². The first-order valence-electron chi connectivity index (χ1n) is 5.22. The number of pyridine rings is 1. The number of halogens is 1. The predicted molar refractivity (Wildman–Crippen MR) is 77.1 cm³/mol. The molecule has 0 bridgehead atoms. The minimum atomic E-state index is 0.774. The van der Waals surface area contributed by atoms with Crippen molar-refractivity contribution in [1.82, 2.24) is 4.98 Å². The maximum Gasteiger partial charge on any atom is 0.140 e. The lowest BCUT2D eigenvalue weighted by molar-refractivity contribution is 0.408. The number of ether oxygens (including phenoxy) is 1. The van der Waals surface area contributed by atoms with Crippen LogP contribution in [0.15, 0.2) is 41.0 Å². The van der Waals surface area contributed by atoms with Crippen molar-refractivity contribution >= 4 is 30.5 Å². The van der Waals surface area contributed by atoms with Crippen LogP contribution >= 0.6 is 25.2 Å². The van der Waals surface area contributed by atoms with Crippen LogP contribution in [-0.2, 0) is 6.42 Å². The lowest BCUT2D eigenvalue weighted by Gasteiger charge is -2.09. The van der Waals surface area contributed by atoms with Crippen molar-refractivity contribution in [3.05, 3.63) is 52.3 Å². The van der Waals surface area contributed by atoms with Crippen molar-refractivity contribution in [3.8, 4) is 5.75 Å². The quantitative estimate of drug-likeness (QED) is 0.813. The molecule has 88 valence electrons. The van der Waals surface area contributed by atoms with Crippen molar-refractivity contribution in [1.29, 1.82) is 0 Å². The molecular formula is C13H13BrNOP. The van der Waals surface area contributed by atoms with Gasteiger partial charge in [-0.25, -0.2) is 0 Å². The van der Waals surface area contributed by atoms with Crippen LogP contribution in [0.25, 0.3) is 0 Å². The zero-order valence-electron chi connectivity index (χ0n) is 9.48. The fourth-order valence-electron chi connectivity index (χ4n) is 1.65. The van der Waals surface area contributed by atoms with Gasteiger partial charge in [0.05, 0.1) is 12.8 Å². The van der Waals surface area contributed by atoms with E-state index < -0.39 is 0 Å². The molecule has 1 aromatic carbocycles. The summed E-state index contributed by atoms with van der Waals surface area (Å²) in [6.07, 6.45) is 2.56. The van der Waals surface area contributed by atoms with Crippen LogP contribution in [0, 0.1) is 0 Å². The summed E-state index contributed by atoms with van der Waals surface area (Å²) < 4.78 is 6.39. The van der Waals surface area contributed by atoms with E-state index in [9.17, 15) is 0 Å². The van der Waals surface area contributed by atoms with Gasteiger partial charge in [0.1, 0.15) is 5.75 Å². The van der Waals surface area contributed by atoms with Gasteiger partial charge in [0.2, 0.25) is 0 Å². The van der Waals surface area contributed by atoms with Gasteiger partial charge in [-0.3, -0.25) is 4.98 Å². The molecule has 0 fully saturated rings. The number of rotatable bonds is 3. The predicted octanol–water partition coefficient (Wildman–Crippen LogP) is 2.94. The monoisotopic (exact) mass is 309 g/mol. The molecule has 1 atom stereocenters. The second kappa shape index (κ2) is 5.61. The second-order valence-corrected chi connectivity index (χ2v) is 5.21. The average molecular weight is 310 g/mol. The maximum absolute atomic E-state index is 5.30. The van der Waals surface area contributed by atoms with Crippen LogP contribution in [0.4, 0.5) is 0 Å². The van der Waals surface area contributed by atoms with Crippen molar-refractivity contribution in [2.45, 2.75) is 6.42 Å². The molecule has 0 saturated heterocycles. The summed E-state index contributed by atoms with van der Waals surface area (Å²) in [4.78, 5) is 4.36. The summed E-state index contributed by atoms with van der Waals surface area (Å²) in [6.45, 7) is 0. The molecule has 0 aliphatic heterocycles. The molecule has 2 rings (SSSR count). The highest BCUT2D eigenvalue weighted by Crippen LogP contribution is 2.19. The van der Waals surface area contributed by atoms with E-state index in [1.807, 2.05) is 18.2 Å². The minimum absolute atomic E-state index is 0.774. The summed E-state index contributed by atoms with van der Waals surface area (Å²) in [6, 6.07) is 10.0. The second-order valence-electron chi connectivity index (χ2n) is 3.67. The van der Waals surface area contributed by atoms with Gasteiger partial charge < -0.3 is 4.74 Å². The van der Waals surface area contributed by atoms with Gasteiger partial charge in [0.15, 0.2) is 0 Å². The van der Waals surface area contributed by atoms with Crippen molar-refractivity contribution in [2.75, 3.05) is 7.11 Å². The zero-order chi connectivity index (χ0) is 12.3. The number of aromatic nitrogens is 1. The Morgan fingerprint density at radius 3 is 2.88 bits per heavy atom. The number of nitrogens with zero attached hydrogens (tertiary/aromatic N) is 1. The zero-order valence-corrected chi connectivity index (χ0v) is 12.2. The number of benzene rings is 1. The third kappa shape index (κ3) is 3.05. The molecule has 0 saturated carbocycles. The van der Waals surface area contributed by atoms with Gasteiger partial charge >= 0.3 is 0 Å². The van der Waals surface area contributed by atoms with Crippen LogP contribution in [0.1, 0.15) is 11.3 Å². The van der Waals surface area contributed by atoms with Crippen molar-refractivity contribution in [3.63, 3.8) is 0 Å². The normalized spacial score (nSPS) is 10.3. The van der Waals surface area contributed by atoms with E-state index in [1.165, 1.54) is 10.9 Å². The Morgan fingerprint density at radius 1 is 1.35 bits per heavy atom. The first-order chi connectivity index (χ1) is 8.20. The SMILES string of the molecule is COc1cccnc1Cc1ccc(Br)cc1P. The van der Waals surface area contributed by atoms with Crippen LogP contribution in [0.5, 0.6) is 5.75 Å². The number of hydrogen-bond donors (Lipinski definition) is 0. The largest absolute Gasteiger partial charge is 0.495 e. The summed E-state index contributed by atoms with van der Waals surface area (Å²) in [7, 11) is 4.42. The molecule has 0 spiro atoms. The van der Waals surface area contributed by atoms with E-state index in [2.05, 4.69) is 42.3 Å². The Balaban J connectivity index is 2.31. The molecule has 4 heteroatoms. The molecule has 0 N–H and O–H groups in total. The molecule has 2 aromatic rings. The van der Waals surface area contributed by atoms with Crippen molar-refractivity contribution < 1.29 is 4.74 Å². The van der Waals surface area contributed by atoms with Gasteiger partial charge in [0, 0.05) is 17.1 Å². The highest BCUT2D eigenvalue weighted by molar-refractivity contribution is 9.10. The average Bonchev–Trinajstić information content (AvgIpc) is 2.33. The Kier molecular flexibility index (Phi) is 4.14. The van der Waals surface area contributed by atoms with Gasteiger partial charge in [-0.15, -0.1) is 9.24 Å². The van der Waals surface area contributed by atoms with E-state index in [1.54, 1.807) is 13.3 Å².